The first kappa shape index (κ1) is 9.88. The third-order valence-electron chi connectivity index (χ3n) is 2.08. The molecule has 0 aromatic carbocycles. The van der Waals surface area contributed by atoms with Crippen LogP contribution in [0.4, 0.5) is 0 Å². The molecule has 1 saturated heterocycles. The Hall–Kier alpha value is -0.200. The van der Waals surface area contributed by atoms with E-state index in [4.69, 9.17) is 20.3 Å². The summed E-state index contributed by atoms with van der Waals surface area (Å²) >= 11 is 0. The fraction of sp³-hybridized carbons (Fsp3) is 1.00. The molecule has 0 amide bonds. The minimum atomic E-state index is -0.992. The van der Waals surface area contributed by atoms with E-state index in [2.05, 4.69) is 0 Å². The van der Waals surface area contributed by atoms with Crippen molar-refractivity contribution in [3.05, 3.63) is 0 Å². The predicted octanol–water partition coefficient (Wildman–Crippen LogP) is -1.57. The van der Waals surface area contributed by atoms with E-state index in [0.29, 0.717) is 6.42 Å². The Labute approximate surface area is 71.1 Å². The summed E-state index contributed by atoms with van der Waals surface area (Å²) in [7, 11) is 1.53. The van der Waals surface area contributed by atoms with Crippen LogP contribution in [0.5, 0.6) is 0 Å². The van der Waals surface area contributed by atoms with Crippen molar-refractivity contribution in [1.82, 2.24) is 0 Å². The molecule has 5 heteroatoms. The van der Waals surface area contributed by atoms with E-state index in [-0.39, 0.29) is 12.7 Å². The number of aliphatic hydroxyl groups is 2. The predicted molar refractivity (Wildman–Crippen MR) is 41.4 cm³/mol. The summed E-state index contributed by atoms with van der Waals surface area (Å²) in [6.45, 7) is -0.164. The van der Waals surface area contributed by atoms with Gasteiger partial charge >= 0.3 is 0 Å². The van der Waals surface area contributed by atoms with Crippen LogP contribution in [-0.4, -0.2) is 48.5 Å². The summed E-state index contributed by atoms with van der Waals surface area (Å²) in [6, 6.07) is -0.433. The maximum absolute atomic E-state index is 9.18. The molecule has 0 spiro atoms. The van der Waals surface area contributed by atoms with Crippen LogP contribution in [0.25, 0.3) is 0 Å². The SMILES string of the molecule is COC1CC(N)C(O)OC1CO. The van der Waals surface area contributed by atoms with Gasteiger partial charge in [-0.2, -0.15) is 0 Å². The van der Waals surface area contributed by atoms with E-state index in [0.717, 1.165) is 0 Å². The molecule has 0 aliphatic carbocycles. The van der Waals surface area contributed by atoms with Crippen LogP contribution in [0.15, 0.2) is 0 Å². The highest BCUT2D eigenvalue weighted by Crippen LogP contribution is 2.19. The number of aliphatic hydroxyl groups excluding tert-OH is 2. The van der Waals surface area contributed by atoms with E-state index in [1.807, 2.05) is 0 Å². The van der Waals surface area contributed by atoms with Crippen molar-refractivity contribution in [3.63, 3.8) is 0 Å². The molecule has 5 nitrogen and oxygen atoms in total. The molecule has 1 rings (SSSR count). The molecular weight excluding hydrogens is 162 g/mol. The normalized spacial score (nSPS) is 43.0. The first-order valence-corrected chi connectivity index (χ1v) is 3.91. The largest absolute Gasteiger partial charge is 0.394 e. The zero-order chi connectivity index (χ0) is 9.14. The van der Waals surface area contributed by atoms with E-state index < -0.39 is 18.4 Å². The Morgan fingerprint density at radius 2 is 2.33 bits per heavy atom. The quantitative estimate of drug-likeness (QED) is 0.474. The number of hydrogen-bond donors (Lipinski definition) is 3. The zero-order valence-electron chi connectivity index (χ0n) is 7.01. The maximum atomic E-state index is 9.18. The smallest absolute Gasteiger partial charge is 0.170 e. The fourth-order valence-corrected chi connectivity index (χ4v) is 1.31. The van der Waals surface area contributed by atoms with E-state index >= 15 is 0 Å². The second kappa shape index (κ2) is 4.15. The third-order valence-corrected chi connectivity index (χ3v) is 2.08. The van der Waals surface area contributed by atoms with Crippen molar-refractivity contribution in [1.29, 1.82) is 0 Å². The van der Waals surface area contributed by atoms with Crippen molar-refractivity contribution in [2.24, 2.45) is 5.73 Å². The van der Waals surface area contributed by atoms with Gasteiger partial charge in [0.1, 0.15) is 6.10 Å². The molecule has 0 radical (unpaired) electrons. The van der Waals surface area contributed by atoms with Crippen molar-refractivity contribution < 1.29 is 19.7 Å². The second-order valence-electron chi connectivity index (χ2n) is 2.92. The zero-order valence-corrected chi connectivity index (χ0v) is 7.01. The summed E-state index contributed by atoms with van der Waals surface area (Å²) in [5.41, 5.74) is 5.52. The molecule has 1 aliphatic rings. The molecule has 1 fully saturated rings. The average Bonchev–Trinajstić information content (AvgIpc) is 2.09. The molecule has 0 aromatic heterocycles. The van der Waals surface area contributed by atoms with Crippen molar-refractivity contribution in [3.8, 4) is 0 Å². The van der Waals surface area contributed by atoms with Crippen LogP contribution in [0.3, 0.4) is 0 Å². The van der Waals surface area contributed by atoms with Gasteiger partial charge in [-0.15, -0.1) is 0 Å². The van der Waals surface area contributed by atoms with Crippen LogP contribution < -0.4 is 5.73 Å². The summed E-state index contributed by atoms with van der Waals surface area (Å²) in [6.07, 6.45) is -1.19. The molecule has 4 atom stereocenters. The first-order valence-electron chi connectivity index (χ1n) is 3.91. The lowest BCUT2D eigenvalue weighted by molar-refractivity contribution is -0.221. The summed E-state index contributed by atoms with van der Waals surface area (Å²) in [4.78, 5) is 0. The second-order valence-corrected chi connectivity index (χ2v) is 2.92. The fourth-order valence-electron chi connectivity index (χ4n) is 1.31. The highest BCUT2D eigenvalue weighted by Gasteiger charge is 2.34. The van der Waals surface area contributed by atoms with E-state index in [1.54, 1.807) is 0 Å². The molecule has 4 N–H and O–H groups in total. The summed E-state index contributed by atoms with van der Waals surface area (Å²) in [5, 5.41) is 18.0. The Balaban J connectivity index is 2.52. The highest BCUT2D eigenvalue weighted by molar-refractivity contribution is 4.83. The molecule has 0 saturated carbocycles. The molecule has 0 bridgehead atoms. The van der Waals surface area contributed by atoms with Gasteiger partial charge in [0.05, 0.1) is 18.8 Å². The van der Waals surface area contributed by atoms with Crippen molar-refractivity contribution >= 4 is 0 Å². The molecule has 4 unspecified atom stereocenters. The van der Waals surface area contributed by atoms with Crippen LogP contribution in [0.2, 0.25) is 0 Å². The lowest BCUT2D eigenvalue weighted by Gasteiger charge is -2.36. The minimum absolute atomic E-state index is 0.164. The Kier molecular flexibility index (Phi) is 3.42. The van der Waals surface area contributed by atoms with Crippen LogP contribution in [0, 0.1) is 0 Å². The van der Waals surface area contributed by atoms with Gasteiger partial charge in [-0.05, 0) is 6.42 Å². The van der Waals surface area contributed by atoms with Gasteiger partial charge in [-0.3, -0.25) is 0 Å². The molecule has 1 aliphatic heterocycles. The number of hydrogen-bond acceptors (Lipinski definition) is 5. The molecule has 0 aromatic rings. The maximum Gasteiger partial charge on any atom is 0.170 e. The number of ether oxygens (including phenoxy) is 2. The van der Waals surface area contributed by atoms with Gasteiger partial charge in [0.15, 0.2) is 6.29 Å². The van der Waals surface area contributed by atoms with Gasteiger partial charge < -0.3 is 25.4 Å². The average molecular weight is 177 g/mol. The van der Waals surface area contributed by atoms with Gasteiger partial charge in [-0.1, -0.05) is 0 Å². The number of methoxy groups -OCH3 is 1. The Morgan fingerprint density at radius 3 is 2.83 bits per heavy atom. The lowest BCUT2D eigenvalue weighted by Crippen LogP contribution is -2.52. The summed E-state index contributed by atoms with van der Waals surface area (Å²) in [5.74, 6) is 0. The number of rotatable bonds is 2. The van der Waals surface area contributed by atoms with Gasteiger partial charge in [-0.25, -0.2) is 0 Å². The summed E-state index contributed by atoms with van der Waals surface area (Å²) < 4.78 is 10.0. The molecular formula is C7H15NO4. The Bertz CT molecular complexity index is 127. The van der Waals surface area contributed by atoms with E-state index in [1.165, 1.54) is 7.11 Å². The van der Waals surface area contributed by atoms with Crippen LogP contribution in [0.1, 0.15) is 6.42 Å². The topological polar surface area (TPSA) is 84.9 Å². The molecule has 72 valence electrons. The van der Waals surface area contributed by atoms with E-state index in [9.17, 15) is 5.11 Å². The van der Waals surface area contributed by atoms with Gasteiger partial charge in [0.2, 0.25) is 0 Å². The Morgan fingerprint density at radius 1 is 1.67 bits per heavy atom. The van der Waals surface area contributed by atoms with Crippen LogP contribution in [-0.2, 0) is 9.47 Å². The molecule has 12 heavy (non-hydrogen) atoms. The van der Waals surface area contributed by atoms with Crippen molar-refractivity contribution in [2.45, 2.75) is 31.0 Å². The van der Waals surface area contributed by atoms with Gasteiger partial charge in [0, 0.05) is 7.11 Å². The first-order chi connectivity index (χ1) is 5.69. The number of nitrogens with two attached hydrogens (primary N) is 1. The third kappa shape index (κ3) is 1.94. The monoisotopic (exact) mass is 177 g/mol. The highest BCUT2D eigenvalue weighted by atomic mass is 16.6. The van der Waals surface area contributed by atoms with Gasteiger partial charge in [0.25, 0.3) is 0 Å². The standard InChI is InChI=1S/C7H15NO4/c1-11-5-2-4(8)7(10)12-6(5)3-9/h4-7,9-10H,2-3,8H2,1H3. The minimum Gasteiger partial charge on any atom is -0.394 e. The lowest BCUT2D eigenvalue weighted by atomic mass is 10.0. The van der Waals surface area contributed by atoms with Crippen LogP contribution >= 0.6 is 0 Å². The van der Waals surface area contributed by atoms with Crippen molar-refractivity contribution in [2.75, 3.05) is 13.7 Å². The molecule has 1 heterocycles.